The summed E-state index contributed by atoms with van der Waals surface area (Å²) in [5, 5.41) is 5.65. The Hall–Kier alpha value is -2.33. The first-order chi connectivity index (χ1) is 13.7. The molecule has 2 aromatic rings. The number of hydrogen-bond acceptors (Lipinski definition) is 5. The number of aromatic nitrogens is 1. The van der Waals surface area contributed by atoms with Gasteiger partial charge >= 0.3 is 12.3 Å². The molecule has 0 spiro atoms. The molecule has 156 valence electrons. The Balaban J connectivity index is 1.49. The SMILES string of the molecule is O=C(Nc1nc(-c2ccc(Cl)cc2)cs1)C1CCN(C(=O)OCC(F)(F)F)CC1. The predicted octanol–water partition coefficient (Wildman–Crippen LogP) is 4.81. The lowest BCUT2D eigenvalue weighted by molar-refractivity contribution is -0.162. The summed E-state index contributed by atoms with van der Waals surface area (Å²) >= 11 is 7.16. The monoisotopic (exact) mass is 447 g/mol. The molecule has 29 heavy (non-hydrogen) atoms. The minimum atomic E-state index is -4.56. The maximum atomic E-state index is 12.4. The van der Waals surface area contributed by atoms with Crippen LogP contribution in [0, 0.1) is 5.92 Å². The van der Waals surface area contributed by atoms with Crippen LogP contribution < -0.4 is 5.32 Å². The first-order valence-corrected chi connectivity index (χ1v) is 9.98. The van der Waals surface area contributed by atoms with Crippen LogP contribution in [0.15, 0.2) is 29.6 Å². The van der Waals surface area contributed by atoms with Crippen LogP contribution in [-0.4, -0.2) is 47.8 Å². The van der Waals surface area contributed by atoms with E-state index in [9.17, 15) is 22.8 Å². The van der Waals surface area contributed by atoms with Crippen LogP contribution in [0.1, 0.15) is 12.8 Å². The van der Waals surface area contributed by atoms with Gasteiger partial charge in [0.15, 0.2) is 11.7 Å². The van der Waals surface area contributed by atoms with Crippen LogP contribution in [0.2, 0.25) is 5.02 Å². The zero-order chi connectivity index (χ0) is 21.0. The second-order valence-corrected chi connectivity index (χ2v) is 7.76. The number of carbonyl (C=O) groups excluding carboxylic acids is 2. The molecule has 0 atom stereocenters. The molecule has 1 aliphatic heterocycles. The molecule has 3 rings (SSSR count). The Morgan fingerprint density at radius 1 is 1.24 bits per heavy atom. The second-order valence-electron chi connectivity index (χ2n) is 6.47. The number of hydrogen-bond donors (Lipinski definition) is 1. The highest BCUT2D eigenvalue weighted by molar-refractivity contribution is 7.14. The van der Waals surface area contributed by atoms with Crippen LogP contribution in [-0.2, 0) is 9.53 Å². The first-order valence-electron chi connectivity index (χ1n) is 8.72. The molecule has 0 aliphatic carbocycles. The molecular formula is C18H17ClF3N3O3S. The third-order valence-electron chi connectivity index (χ3n) is 4.36. The highest BCUT2D eigenvalue weighted by atomic mass is 35.5. The van der Waals surface area contributed by atoms with E-state index < -0.39 is 18.9 Å². The molecule has 11 heteroatoms. The van der Waals surface area contributed by atoms with Crippen molar-refractivity contribution in [1.82, 2.24) is 9.88 Å². The number of likely N-dealkylation sites (tertiary alicyclic amines) is 1. The van der Waals surface area contributed by atoms with Gasteiger partial charge in [0.2, 0.25) is 5.91 Å². The van der Waals surface area contributed by atoms with E-state index in [1.165, 1.54) is 16.2 Å². The minimum absolute atomic E-state index is 0.155. The number of anilines is 1. The van der Waals surface area contributed by atoms with Crippen molar-refractivity contribution in [1.29, 1.82) is 0 Å². The summed E-state index contributed by atoms with van der Waals surface area (Å²) in [6, 6.07) is 7.16. The summed E-state index contributed by atoms with van der Waals surface area (Å²) in [4.78, 5) is 29.7. The van der Waals surface area contributed by atoms with Gasteiger partial charge < -0.3 is 15.0 Å². The summed E-state index contributed by atoms with van der Waals surface area (Å²) in [6.45, 7) is -1.31. The molecule has 0 bridgehead atoms. The number of amides is 2. The third kappa shape index (κ3) is 6.07. The van der Waals surface area contributed by atoms with Gasteiger partial charge in [0, 0.05) is 35.0 Å². The molecule has 0 radical (unpaired) electrons. The fourth-order valence-electron chi connectivity index (χ4n) is 2.85. The highest BCUT2D eigenvalue weighted by Crippen LogP contribution is 2.27. The van der Waals surface area contributed by atoms with Gasteiger partial charge in [-0.1, -0.05) is 23.7 Å². The number of carbonyl (C=O) groups is 2. The molecule has 0 saturated carbocycles. The van der Waals surface area contributed by atoms with E-state index in [1.807, 2.05) is 17.5 Å². The van der Waals surface area contributed by atoms with Crippen molar-refractivity contribution >= 4 is 40.1 Å². The lowest BCUT2D eigenvalue weighted by Crippen LogP contribution is -2.42. The quantitative estimate of drug-likeness (QED) is 0.730. The van der Waals surface area contributed by atoms with Crippen molar-refractivity contribution in [3.63, 3.8) is 0 Å². The number of halogens is 4. The van der Waals surface area contributed by atoms with Crippen molar-refractivity contribution in [2.24, 2.45) is 5.92 Å². The lowest BCUT2D eigenvalue weighted by atomic mass is 9.96. The fourth-order valence-corrected chi connectivity index (χ4v) is 3.70. The Morgan fingerprint density at radius 3 is 2.52 bits per heavy atom. The topological polar surface area (TPSA) is 71.5 Å². The van der Waals surface area contributed by atoms with Gasteiger partial charge in [-0.15, -0.1) is 11.3 Å². The number of nitrogens with zero attached hydrogens (tertiary/aromatic N) is 2. The van der Waals surface area contributed by atoms with Crippen LogP contribution in [0.4, 0.5) is 23.1 Å². The number of rotatable bonds is 4. The molecule has 1 aliphatic rings. The van der Waals surface area contributed by atoms with E-state index in [2.05, 4.69) is 15.0 Å². The fraction of sp³-hybridized carbons (Fsp3) is 0.389. The van der Waals surface area contributed by atoms with Gasteiger partial charge in [0.05, 0.1) is 5.69 Å². The number of benzene rings is 1. The van der Waals surface area contributed by atoms with Crippen LogP contribution in [0.5, 0.6) is 0 Å². The Bertz CT molecular complexity index is 865. The van der Waals surface area contributed by atoms with Gasteiger partial charge in [0.1, 0.15) is 0 Å². The van der Waals surface area contributed by atoms with Crippen LogP contribution >= 0.6 is 22.9 Å². The highest BCUT2D eigenvalue weighted by Gasteiger charge is 2.33. The summed E-state index contributed by atoms with van der Waals surface area (Å²) in [5.41, 5.74) is 1.58. The van der Waals surface area contributed by atoms with Gasteiger partial charge in [-0.05, 0) is 25.0 Å². The number of alkyl halides is 3. The molecule has 1 N–H and O–H groups in total. The van der Waals surface area contributed by atoms with Crippen LogP contribution in [0.3, 0.4) is 0 Å². The van der Waals surface area contributed by atoms with E-state index in [-0.39, 0.29) is 24.9 Å². The molecule has 1 aromatic heterocycles. The van der Waals surface area contributed by atoms with E-state index >= 15 is 0 Å². The normalized spacial score (nSPS) is 15.2. The first kappa shape index (κ1) is 21.4. The maximum absolute atomic E-state index is 12.4. The molecule has 1 fully saturated rings. The molecule has 1 aromatic carbocycles. The minimum Gasteiger partial charge on any atom is -0.440 e. The van der Waals surface area contributed by atoms with Crippen molar-refractivity contribution in [2.45, 2.75) is 19.0 Å². The summed E-state index contributed by atoms with van der Waals surface area (Å²) in [5.74, 6) is -0.588. The second kappa shape index (κ2) is 9.00. The molecule has 0 unspecified atom stereocenters. The smallest absolute Gasteiger partial charge is 0.422 e. The summed E-state index contributed by atoms with van der Waals surface area (Å²) in [6.07, 6.45) is -4.91. The van der Waals surface area contributed by atoms with E-state index in [4.69, 9.17) is 11.6 Å². The standard InChI is InChI=1S/C18H17ClF3N3O3S/c19-13-3-1-11(2-4-13)14-9-29-16(23-14)24-15(26)12-5-7-25(8-6-12)17(27)28-10-18(20,21)22/h1-4,9,12H,5-8,10H2,(H,23,24,26). The van der Waals surface area contributed by atoms with Crippen molar-refractivity contribution in [2.75, 3.05) is 25.0 Å². The number of nitrogens with one attached hydrogen (secondary N) is 1. The van der Waals surface area contributed by atoms with Crippen molar-refractivity contribution in [3.05, 3.63) is 34.7 Å². The average molecular weight is 448 g/mol. The Morgan fingerprint density at radius 2 is 1.90 bits per heavy atom. The van der Waals surface area contributed by atoms with Crippen molar-refractivity contribution in [3.8, 4) is 11.3 Å². The molecule has 2 heterocycles. The van der Waals surface area contributed by atoms with Gasteiger partial charge in [-0.25, -0.2) is 9.78 Å². The lowest BCUT2D eigenvalue weighted by Gasteiger charge is -2.30. The predicted molar refractivity (Wildman–Crippen MR) is 103 cm³/mol. The zero-order valence-corrected chi connectivity index (χ0v) is 16.6. The van der Waals surface area contributed by atoms with E-state index in [0.29, 0.717) is 28.7 Å². The maximum Gasteiger partial charge on any atom is 0.422 e. The summed E-state index contributed by atoms with van der Waals surface area (Å²) in [7, 11) is 0. The Labute approximate surface area is 173 Å². The average Bonchev–Trinajstić information content (AvgIpc) is 3.14. The van der Waals surface area contributed by atoms with Gasteiger partial charge in [0.25, 0.3) is 0 Å². The number of thiazole rings is 1. The van der Waals surface area contributed by atoms with Crippen molar-refractivity contribution < 1.29 is 27.5 Å². The number of piperidine rings is 1. The molecule has 2 amide bonds. The summed E-state index contributed by atoms with van der Waals surface area (Å²) < 4.78 is 40.6. The third-order valence-corrected chi connectivity index (χ3v) is 5.37. The van der Waals surface area contributed by atoms with Crippen LogP contribution in [0.25, 0.3) is 11.3 Å². The largest absolute Gasteiger partial charge is 0.440 e. The zero-order valence-electron chi connectivity index (χ0n) is 15.0. The Kier molecular flexibility index (Phi) is 6.63. The van der Waals surface area contributed by atoms with Gasteiger partial charge in [-0.3, -0.25) is 4.79 Å². The van der Waals surface area contributed by atoms with E-state index in [0.717, 1.165) is 5.56 Å². The van der Waals surface area contributed by atoms with E-state index in [1.54, 1.807) is 12.1 Å². The molecular weight excluding hydrogens is 431 g/mol. The molecule has 1 saturated heterocycles. The molecule has 6 nitrogen and oxygen atoms in total. The number of ether oxygens (including phenoxy) is 1. The van der Waals surface area contributed by atoms with Gasteiger partial charge in [-0.2, -0.15) is 13.2 Å².